The second kappa shape index (κ2) is 8.23. The number of para-hydroxylation sites is 1. The van der Waals surface area contributed by atoms with E-state index in [9.17, 15) is 9.59 Å². The monoisotopic (exact) mass is 365 g/mol. The van der Waals surface area contributed by atoms with Crippen molar-refractivity contribution in [3.8, 4) is 6.07 Å². The fourth-order valence-electron chi connectivity index (χ4n) is 2.44. The van der Waals surface area contributed by atoms with Crippen LogP contribution in [0.25, 0.3) is 10.2 Å². The van der Waals surface area contributed by atoms with Crippen LogP contribution in [0.4, 0.5) is 5.69 Å². The topological polar surface area (TPSA) is 83.3 Å². The van der Waals surface area contributed by atoms with Crippen molar-refractivity contribution >= 4 is 39.1 Å². The molecule has 0 spiro atoms. The molecule has 0 bridgehead atoms. The van der Waals surface area contributed by atoms with Gasteiger partial charge in [-0.3, -0.25) is 4.79 Å². The second-order valence-corrected chi connectivity index (χ2v) is 6.29. The Hall–Kier alpha value is -3.24. The minimum absolute atomic E-state index is 0.191. The Morgan fingerprint density at radius 1 is 1.19 bits per heavy atom. The molecule has 0 saturated heterocycles. The van der Waals surface area contributed by atoms with Crippen LogP contribution in [0.15, 0.2) is 54.0 Å². The van der Waals surface area contributed by atoms with Gasteiger partial charge in [0.2, 0.25) is 0 Å². The van der Waals surface area contributed by atoms with Gasteiger partial charge < -0.3 is 9.64 Å². The van der Waals surface area contributed by atoms with Crippen LogP contribution in [-0.4, -0.2) is 30.0 Å². The maximum absolute atomic E-state index is 12.5. The van der Waals surface area contributed by atoms with Gasteiger partial charge in [0.1, 0.15) is 0 Å². The number of aromatic nitrogens is 1. The molecule has 0 aliphatic carbocycles. The van der Waals surface area contributed by atoms with Gasteiger partial charge in [-0.05, 0) is 30.3 Å². The minimum atomic E-state index is -0.568. The standard InChI is InChI=1S/C19H15N3O3S/c20-9-4-10-22(15-5-2-1-3-6-15)18(23)12-25-19(24)14-7-8-16-17(11-14)26-13-21-16/h1-3,5-8,11,13H,4,10,12H2. The highest BCUT2D eigenvalue weighted by Crippen LogP contribution is 2.20. The largest absolute Gasteiger partial charge is 0.452 e. The molecule has 3 rings (SSSR count). The number of hydrogen-bond acceptors (Lipinski definition) is 6. The van der Waals surface area contributed by atoms with Gasteiger partial charge >= 0.3 is 5.97 Å². The predicted octanol–water partition coefficient (Wildman–Crippen LogP) is 3.40. The van der Waals surface area contributed by atoms with Crippen LogP contribution >= 0.6 is 11.3 Å². The maximum atomic E-state index is 12.5. The molecule has 7 heteroatoms. The molecule has 0 aliphatic rings. The number of hydrogen-bond donors (Lipinski definition) is 0. The van der Waals surface area contributed by atoms with Crippen LogP contribution in [0.3, 0.4) is 0 Å². The second-order valence-electron chi connectivity index (χ2n) is 5.40. The lowest BCUT2D eigenvalue weighted by atomic mass is 10.2. The van der Waals surface area contributed by atoms with E-state index >= 15 is 0 Å². The van der Waals surface area contributed by atoms with Crippen molar-refractivity contribution in [1.82, 2.24) is 4.98 Å². The number of nitrogens with zero attached hydrogens (tertiary/aromatic N) is 3. The number of carbonyl (C=O) groups excluding carboxylic acids is 2. The Kier molecular flexibility index (Phi) is 5.56. The lowest BCUT2D eigenvalue weighted by Crippen LogP contribution is -2.35. The van der Waals surface area contributed by atoms with Crippen LogP contribution in [0.1, 0.15) is 16.8 Å². The number of nitriles is 1. The first kappa shape index (κ1) is 17.6. The van der Waals surface area contributed by atoms with Gasteiger partial charge in [0.05, 0.1) is 33.8 Å². The molecule has 0 radical (unpaired) electrons. The van der Waals surface area contributed by atoms with E-state index in [0.717, 1.165) is 10.2 Å². The molecule has 6 nitrogen and oxygen atoms in total. The van der Waals surface area contributed by atoms with E-state index in [1.807, 2.05) is 12.1 Å². The summed E-state index contributed by atoms with van der Waals surface area (Å²) in [6, 6.07) is 16.1. The van der Waals surface area contributed by atoms with E-state index in [1.54, 1.807) is 48.0 Å². The van der Waals surface area contributed by atoms with Gasteiger partial charge in [-0.25, -0.2) is 9.78 Å². The molecule has 0 saturated carbocycles. The first-order chi connectivity index (χ1) is 12.7. The Bertz CT molecular complexity index is 963. The van der Waals surface area contributed by atoms with E-state index < -0.39 is 5.97 Å². The smallest absolute Gasteiger partial charge is 0.338 e. The molecule has 26 heavy (non-hydrogen) atoms. The zero-order valence-corrected chi connectivity index (χ0v) is 14.6. The van der Waals surface area contributed by atoms with E-state index in [4.69, 9.17) is 10.00 Å². The third-order valence-electron chi connectivity index (χ3n) is 3.71. The van der Waals surface area contributed by atoms with Crippen molar-refractivity contribution in [2.24, 2.45) is 0 Å². The number of amides is 1. The summed E-state index contributed by atoms with van der Waals surface area (Å²) in [6.45, 7) is -0.149. The van der Waals surface area contributed by atoms with Crippen LogP contribution < -0.4 is 4.90 Å². The highest BCUT2D eigenvalue weighted by atomic mass is 32.1. The van der Waals surface area contributed by atoms with Gasteiger partial charge in [0, 0.05) is 12.2 Å². The molecule has 3 aromatic rings. The van der Waals surface area contributed by atoms with Gasteiger partial charge in [0.25, 0.3) is 5.91 Å². The Labute approximate surface area is 154 Å². The number of carbonyl (C=O) groups is 2. The molecule has 2 aromatic carbocycles. The first-order valence-electron chi connectivity index (χ1n) is 7.92. The molecule has 0 aliphatic heterocycles. The Morgan fingerprint density at radius 2 is 2.00 bits per heavy atom. The zero-order chi connectivity index (χ0) is 18.4. The molecular weight excluding hydrogens is 350 g/mol. The molecule has 1 amide bonds. The Morgan fingerprint density at radius 3 is 2.77 bits per heavy atom. The predicted molar refractivity (Wildman–Crippen MR) is 98.9 cm³/mol. The molecule has 0 unspecified atom stereocenters. The Balaban J connectivity index is 1.67. The number of rotatable bonds is 6. The quantitative estimate of drug-likeness (QED) is 0.625. The third-order valence-corrected chi connectivity index (χ3v) is 4.50. The van der Waals surface area contributed by atoms with E-state index in [2.05, 4.69) is 4.98 Å². The lowest BCUT2D eigenvalue weighted by molar-refractivity contribution is -0.121. The number of thiazole rings is 1. The highest BCUT2D eigenvalue weighted by molar-refractivity contribution is 7.16. The van der Waals surface area contributed by atoms with Gasteiger partial charge in [-0.15, -0.1) is 11.3 Å². The summed E-state index contributed by atoms with van der Waals surface area (Å²) >= 11 is 1.43. The lowest BCUT2D eigenvalue weighted by Gasteiger charge is -2.21. The number of esters is 1. The normalized spacial score (nSPS) is 10.3. The molecular formula is C19H15N3O3S. The molecule has 1 aromatic heterocycles. The maximum Gasteiger partial charge on any atom is 0.338 e. The fourth-order valence-corrected chi connectivity index (χ4v) is 3.15. The summed E-state index contributed by atoms with van der Waals surface area (Å²) in [5.41, 5.74) is 3.55. The summed E-state index contributed by atoms with van der Waals surface area (Å²) < 4.78 is 6.05. The summed E-state index contributed by atoms with van der Waals surface area (Å²) in [6.07, 6.45) is 0.191. The van der Waals surface area contributed by atoms with Crippen molar-refractivity contribution in [1.29, 1.82) is 5.26 Å². The van der Waals surface area contributed by atoms with E-state index in [-0.39, 0.29) is 25.5 Å². The zero-order valence-electron chi connectivity index (χ0n) is 13.8. The molecule has 0 N–H and O–H groups in total. The van der Waals surface area contributed by atoms with Gasteiger partial charge in [-0.1, -0.05) is 18.2 Å². The average molecular weight is 365 g/mol. The van der Waals surface area contributed by atoms with Gasteiger partial charge in [0.15, 0.2) is 6.61 Å². The average Bonchev–Trinajstić information content (AvgIpc) is 3.15. The van der Waals surface area contributed by atoms with Crippen LogP contribution in [0, 0.1) is 11.3 Å². The molecule has 0 atom stereocenters. The van der Waals surface area contributed by atoms with E-state index in [0.29, 0.717) is 11.3 Å². The molecule has 1 heterocycles. The van der Waals surface area contributed by atoms with Crippen molar-refractivity contribution < 1.29 is 14.3 Å². The van der Waals surface area contributed by atoms with Crippen molar-refractivity contribution in [2.45, 2.75) is 6.42 Å². The summed E-state index contributed by atoms with van der Waals surface area (Å²) in [4.78, 5) is 30.3. The number of benzene rings is 2. The first-order valence-corrected chi connectivity index (χ1v) is 8.80. The number of fused-ring (bicyclic) bond motifs is 1. The minimum Gasteiger partial charge on any atom is -0.452 e. The van der Waals surface area contributed by atoms with E-state index in [1.165, 1.54) is 16.2 Å². The van der Waals surface area contributed by atoms with Crippen LogP contribution in [0.2, 0.25) is 0 Å². The van der Waals surface area contributed by atoms with Crippen LogP contribution in [0.5, 0.6) is 0 Å². The number of anilines is 1. The van der Waals surface area contributed by atoms with Crippen molar-refractivity contribution in [3.05, 3.63) is 59.6 Å². The summed E-state index contributed by atoms with van der Waals surface area (Å²) in [5, 5.41) is 8.80. The SMILES string of the molecule is N#CCCN(C(=O)COC(=O)c1ccc2ncsc2c1)c1ccccc1. The van der Waals surface area contributed by atoms with Gasteiger partial charge in [-0.2, -0.15) is 5.26 Å². The molecule has 0 fully saturated rings. The van der Waals surface area contributed by atoms with Crippen molar-refractivity contribution in [2.75, 3.05) is 18.1 Å². The highest BCUT2D eigenvalue weighted by Gasteiger charge is 2.18. The summed E-state index contributed by atoms with van der Waals surface area (Å²) in [5.74, 6) is -0.944. The third kappa shape index (κ3) is 4.05. The fraction of sp³-hybridized carbons (Fsp3) is 0.158. The van der Waals surface area contributed by atoms with Crippen molar-refractivity contribution in [3.63, 3.8) is 0 Å². The van der Waals surface area contributed by atoms with Crippen LogP contribution in [-0.2, 0) is 9.53 Å². The molecule has 130 valence electrons. The summed E-state index contributed by atoms with van der Waals surface area (Å²) in [7, 11) is 0. The number of ether oxygens (including phenoxy) is 1.